The van der Waals surface area contributed by atoms with Gasteiger partial charge in [0.25, 0.3) is 5.91 Å². The molecule has 124 valence electrons. The van der Waals surface area contributed by atoms with Crippen molar-refractivity contribution in [3.05, 3.63) is 71.3 Å². The largest absolute Gasteiger partial charge is 0.383 e. The third-order valence-corrected chi connectivity index (χ3v) is 4.13. The van der Waals surface area contributed by atoms with Crippen molar-refractivity contribution in [1.29, 1.82) is 0 Å². The van der Waals surface area contributed by atoms with E-state index in [1.54, 1.807) is 12.0 Å². The fourth-order valence-corrected chi connectivity index (χ4v) is 2.97. The molecule has 0 saturated heterocycles. The molecule has 24 heavy (non-hydrogen) atoms. The van der Waals surface area contributed by atoms with Crippen LogP contribution in [-0.2, 0) is 16.1 Å². The molecule has 2 amide bonds. The summed E-state index contributed by atoms with van der Waals surface area (Å²) in [5.74, 6) is -0.305. The molecule has 1 aliphatic heterocycles. The Morgan fingerprint density at radius 2 is 1.88 bits per heavy atom. The van der Waals surface area contributed by atoms with Gasteiger partial charge in [-0.25, -0.2) is 0 Å². The average Bonchev–Trinajstić information content (AvgIpc) is 2.93. The van der Waals surface area contributed by atoms with Crippen LogP contribution in [0.3, 0.4) is 0 Å². The van der Waals surface area contributed by atoms with E-state index in [0.717, 1.165) is 11.1 Å². The van der Waals surface area contributed by atoms with Gasteiger partial charge in [-0.2, -0.15) is 0 Å². The van der Waals surface area contributed by atoms with Gasteiger partial charge in [-0.05, 0) is 17.2 Å². The van der Waals surface area contributed by atoms with Crippen LogP contribution in [0.25, 0.3) is 0 Å². The first-order valence-electron chi connectivity index (χ1n) is 7.93. The van der Waals surface area contributed by atoms with Crippen molar-refractivity contribution in [2.45, 2.75) is 12.6 Å². The Bertz CT molecular complexity index is 730. The summed E-state index contributed by atoms with van der Waals surface area (Å²) in [6, 6.07) is 16.2. The minimum Gasteiger partial charge on any atom is -0.383 e. The zero-order chi connectivity index (χ0) is 16.9. The predicted octanol–water partition coefficient (Wildman–Crippen LogP) is 2.15. The highest BCUT2D eigenvalue weighted by molar-refractivity contribution is 6.01. The summed E-state index contributed by atoms with van der Waals surface area (Å²) < 4.78 is 4.98. The lowest BCUT2D eigenvalue weighted by Crippen LogP contribution is -2.41. The molecular weight excluding hydrogens is 304 g/mol. The molecule has 0 spiro atoms. The number of amides is 2. The molecule has 1 unspecified atom stereocenters. The monoisotopic (exact) mass is 324 g/mol. The van der Waals surface area contributed by atoms with Crippen LogP contribution in [0.2, 0.25) is 0 Å². The Labute approximate surface area is 141 Å². The number of hydrogen-bond donors (Lipinski definition) is 1. The van der Waals surface area contributed by atoms with Gasteiger partial charge in [-0.1, -0.05) is 48.5 Å². The van der Waals surface area contributed by atoms with Crippen molar-refractivity contribution in [1.82, 2.24) is 10.2 Å². The first kappa shape index (κ1) is 16.2. The summed E-state index contributed by atoms with van der Waals surface area (Å²) in [4.78, 5) is 27.1. The molecule has 0 aliphatic carbocycles. The number of hydrogen-bond acceptors (Lipinski definition) is 3. The second-order valence-electron chi connectivity index (χ2n) is 5.69. The van der Waals surface area contributed by atoms with Gasteiger partial charge in [-0.15, -0.1) is 0 Å². The van der Waals surface area contributed by atoms with Crippen LogP contribution >= 0.6 is 0 Å². The second kappa shape index (κ2) is 7.27. The molecule has 0 aromatic heterocycles. The minimum atomic E-state index is -0.650. The molecule has 0 saturated carbocycles. The number of methoxy groups -OCH3 is 1. The summed E-state index contributed by atoms with van der Waals surface area (Å²) in [6.45, 7) is 1.28. The highest BCUT2D eigenvalue weighted by Crippen LogP contribution is 2.31. The first-order chi connectivity index (χ1) is 11.7. The molecule has 1 aliphatic rings. The van der Waals surface area contributed by atoms with E-state index in [2.05, 4.69) is 5.32 Å². The van der Waals surface area contributed by atoms with Gasteiger partial charge >= 0.3 is 0 Å². The fourth-order valence-electron chi connectivity index (χ4n) is 2.97. The lowest BCUT2D eigenvalue weighted by atomic mass is 10.0. The van der Waals surface area contributed by atoms with E-state index in [1.807, 2.05) is 54.6 Å². The molecule has 1 heterocycles. The molecule has 5 nitrogen and oxygen atoms in total. The summed E-state index contributed by atoms with van der Waals surface area (Å²) in [5, 5.41) is 2.85. The number of benzene rings is 2. The van der Waals surface area contributed by atoms with E-state index in [9.17, 15) is 9.59 Å². The Kier molecular flexibility index (Phi) is 4.91. The molecule has 0 bridgehead atoms. The smallest absolute Gasteiger partial charge is 0.255 e. The van der Waals surface area contributed by atoms with E-state index < -0.39 is 6.04 Å². The number of nitrogens with one attached hydrogen (secondary N) is 1. The Balaban J connectivity index is 1.89. The molecule has 2 aromatic rings. The Morgan fingerprint density at radius 1 is 1.17 bits per heavy atom. The number of nitrogens with zero attached hydrogens (tertiary/aromatic N) is 1. The SMILES string of the molecule is COCCNC(=O)C(c1ccccc1)N1Cc2ccccc2C1=O. The predicted molar refractivity (Wildman–Crippen MR) is 90.4 cm³/mol. The topological polar surface area (TPSA) is 58.6 Å². The maximum Gasteiger partial charge on any atom is 0.255 e. The maximum absolute atomic E-state index is 12.8. The van der Waals surface area contributed by atoms with Gasteiger partial charge in [0.05, 0.1) is 6.61 Å². The van der Waals surface area contributed by atoms with Crippen LogP contribution in [0.1, 0.15) is 27.5 Å². The van der Waals surface area contributed by atoms with Crippen molar-refractivity contribution in [2.24, 2.45) is 0 Å². The highest BCUT2D eigenvalue weighted by Gasteiger charge is 2.36. The quantitative estimate of drug-likeness (QED) is 0.828. The molecule has 0 radical (unpaired) electrons. The highest BCUT2D eigenvalue weighted by atomic mass is 16.5. The van der Waals surface area contributed by atoms with Crippen LogP contribution in [-0.4, -0.2) is 37.0 Å². The van der Waals surface area contributed by atoms with Gasteiger partial charge in [0, 0.05) is 25.8 Å². The average molecular weight is 324 g/mol. The van der Waals surface area contributed by atoms with Crippen molar-refractivity contribution in [2.75, 3.05) is 20.3 Å². The molecule has 5 heteroatoms. The van der Waals surface area contributed by atoms with Gasteiger partial charge in [0.2, 0.25) is 5.91 Å². The minimum absolute atomic E-state index is 0.110. The van der Waals surface area contributed by atoms with Crippen LogP contribution in [0.15, 0.2) is 54.6 Å². The third-order valence-electron chi connectivity index (χ3n) is 4.13. The van der Waals surface area contributed by atoms with E-state index in [1.165, 1.54) is 0 Å². The third kappa shape index (κ3) is 3.16. The van der Waals surface area contributed by atoms with Gasteiger partial charge in [0.1, 0.15) is 6.04 Å². The number of rotatable bonds is 6. The van der Waals surface area contributed by atoms with Gasteiger partial charge in [-0.3, -0.25) is 9.59 Å². The summed E-state index contributed by atoms with van der Waals surface area (Å²) in [7, 11) is 1.58. The zero-order valence-electron chi connectivity index (χ0n) is 13.6. The summed E-state index contributed by atoms with van der Waals surface area (Å²) in [6.07, 6.45) is 0. The Morgan fingerprint density at radius 3 is 2.58 bits per heavy atom. The molecule has 3 rings (SSSR count). The molecular formula is C19H20N2O3. The lowest BCUT2D eigenvalue weighted by Gasteiger charge is -2.27. The number of ether oxygens (including phenoxy) is 1. The van der Waals surface area contributed by atoms with E-state index in [-0.39, 0.29) is 11.8 Å². The lowest BCUT2D eigenvalue weighted by molar-refractivity contribution is -0.126. The van der Waals surface area contributed by atoms with Gasteiger partial charge < -0.3 is 15.0 Å². The van der Waals surface area contributed by atoms with E-state index >= 15 is 0 Å². The Hall–Kier alpha value is -2.66. The van der Waals surface area contributed by atoms with Crippen LogP contribution in [0.4, 0.5) is 0 Å². The van der Waals surface area contributed by atoms with E-state index in [4.69, 9.17) is 4.74 Å². The zero-order valence-corrected chi connectivity index (χ0v) is 13.6. The van der Waals surface area contributed by atoms with Crippen LogP contribution in [0, 0.1) is 0 Å². The van der Waals surface area contributed by atoms with Crippen molar-refractivity contribution in [3.8, 4) is 0 Å². The van der Waals surface area contributed by atoms with Gasteiger partial charge in [0.15, 0.2) is 0 Å². The van der Waals surface area contributed by atoms with Crippen molar-refractivity contribution < 1.29 is 14.3 Å². The first-order valence-corrected chi connectivity index (χ1v) is 7.93. The van der Waals surface area contributed by atoms with Crippen molar-refractivity contribution in [3.63, 3.8) is 0 Å². The number of carbonyl (C=O) groups is 2. The maximum atomic E-state index is 12.8. The number of carbonyl (C=O) groups excluding carboxylic acids is 2. The number of fused-ring (bicyclic) bond motifs is 1. The summed E-state index contributed by atoms with van der Waals surface area (Å²) in [5.41, 5.74) is 2.42. The normalized spacial score (nSPS) is 14.4. The fraction of sp³-hybridized carbons (Fsp3) is 0.263. The molecule has 1 N–H and O–H groups in total. The van der Waals surface area contributed by atoms with Crippen LogP contribution in [0.5, 0.6) is 0 Å². The van der Waals surface area contributed by atoms with Crippen LogP contribution < -0.4 is 5.32 Å². The molecule has 1 atom stereocenters. The molecule has 0 fully saturated rings. The second-order valence-corrected chi connectivity index (χ2v) is 5.69. The summed E-state index contributed by atoms with van der Waals surface area (Å²) >= 11 is 0. The molecule has 2 aromatic carbocycles. The van der Waals surface area contributed by atoms with Crippen molar-refractivity contribution >= 4 is 11.8 Å². The van der Waals surface area contributed by atoms with E-state index in [0.29, 0.717) is 25.3 Å². The standard InChI is InChI=1S/C19H20N2O3/c1-24-12-11-20-18(22)17(14-7-3-2-4-8-14)21-13-15-9-5-6-10-16(15)19(21)23/h2-10,17H,11-13H2,1H3,(H,20,22).